The van der Waals surface area contributed by atoms with Gasteiger partial charge in [-0.15, -0.1) is 0 Å². The highest BCUT2D eigenvalue weighted by molar-refractivity contribution is 5.50. The molecule has 19 heavy (non-hydrogen) atoms. The topological polar surface area (TPSA) is 42.2 Å². The summed E-state index contributed by atoms with van der Waals surface area (Å²) < 4.78 is 0. The second-order valence-corrected chi connectivity index (χ2v) is 6.06. The molecule has 0 amide bonds. The smallest absolute Gasteiger partial charge is 0.131 e. The van der Waals surface area contributed by atoms with E-state index in [1.807, 2.05) is 13.1 Å². The Balaban J connectivity index is 2.25. The predicted octanol–water partition coefficient (Wildman–Crippen LogP) is 3.05. The quantitative estimate of drug-likeness (QED) is 0.906. The van der Waals surface area contributed by atoms with Gasteiger partial charge in [0, 0.05) is 24.3 Å². The van der Waals surface area contributed by atoms with Crippen LogP contribution in [0.5, 0.6) is 0 Å². The van der Waals surface area contributed by atoms with Gasteiger partial charge < -0.3 is 10.6 Å². The van der Waals surface area contributed by atoms with Crippen molar-refractivity contribution >= 4 is 5.82 Å². The molecule has 1 aliphatic rings. The Morgan fingerprint density at radius 1 is 1.47 bits per heavy atom. The zero-order valence-electron chi connectivity index (χ0n) is 12.7. The molecule has 1 aromatic rings. The summed E-state index contributed by atoms with van der Waals surface area (Å²) >= 11 is 0. The third kappa shape index (κ3) is 3.08. The third-order valence-corrected chi connectivity index (χ3v) is 4.17. The number of rotatable bonds is 4. The summed E-state index contributed by atoms with van der Waals surface area (Å²) in [5, 5.41) is 0. The summed E-state index contributed by atoms with van der Waals surface area (Å²) in [6, 6.07) is 3.71. The molecule has 2 heterocycles. The monoisotopic (exact) mass is 261 g/mol. The minimum absolute atomic E-state index is 0.196. The van der Waals surface area contributed by atoms with E-state index in [9.17, 15) is 0 Å². The van der Waals surface area contributed by atoms with E-state index in [4.69, 9.17) is 10.7 Å². The molecule has 3 heteroatoms. The molecule has 0 saturated carbocycles. The van der Waals surface area contributed by atoms with Crippen molar-refractivity contribution in [1.29, 1.82) is 0 Å². The Kier molecular flexibility index (Phi) is 4.46. The SMILES string of the molecule is CCC1CCC(C)N1c1ncc(CC(C)N)cc1C. The lowest BCUT2D eigenvalue weighted by Gasteiger charge is -2.30. The van der Waals surface area contributed by atoms with Crippen LogP contribution in [0.1, 0.15) is 51.2 Å². The van der Waals surface area contributed by atoms with E-state index in [-0.39, 0.29) is 6.04 Å². The van der Waals surface area contributed by atoms with Crippen LogP contribution in [0.4, 0.5) is 5.82 Å². The molecule has 2 rings (SSSR count). The van der Waals surface area contributed by atoms with Crippen molar-refractivity contribution < 1.29 is 0 Å². The summed E-state index contributed by atoms with van der Waals surface area (Å²) in [6.45, 7) is 8.80. The number of aromatic nitrogens is 1. The van der Waals surface area contributed by atoms with Crippen LogP contribution in [0.3, 0.4) is 0 Å². The highest BCUT2D eigenvalue weighted by Crippen LogP contribution is 2.32. The maximum atomic E-state index is 5.86. The highest BCUT2D eigenvalue weighted by Gasteiger charge is 2.31. The van der Waals surface area contributed by atoms with Gasteiger partial charge in [0.15, 0.2) is 0 Å². The predicted molar refractivity (Wildman–Crippen MR) is 81.6 cm³/mol. The molecule has 0 aliphatic carbocycles. The van der Waals surface area contributed by atoms with Crippen LogP contribution in [-0.4, -0.2) is 23.1 Å². The van der Waals surface area contributed by atoms with Crippen molar-refractivity contribution in [3.05, 3.63) is 23.4 Å². The number of anilines is 1. The Morgan fingerprint density at radius 3 is 2.79 bits per heavy atom. The first kappa shape index (κ1) is 14.3. The fraction of sp³-hybridized carbons (Fsp3) is 0.688. The maximum Gasteiger partial charge on any atom is 0.131 e. The zero-order chi connectivity index (χ0) is 14.0. The van der Waals surface area contributed by atoms with Crippen LogP contribution in [0.2, 0.25) is 0 Å². The van der Waals surface area contributed by atoms with Crippen molar-refractivity contribution in [3.63, 3.8) is 0 Å². The summed E-state index contributed by atoms with van der Waals surface area (Å²) in [5.41, 5.74) is 8.39. The minimum atomic E-state index is 0.196. The highest BCUT2D eigenvalue weighted by atomic mass is 15.3. The number of nitrogens with two attached hydrogens (primary N) is 1. The largest absolute Gasteiger partial charge is 0.351 e. The lowest BCUT2D eigenvalue weighted by molar-refractivity contribution is 0.619. The van der Waals surface area contributed by atoms with E-state index in [1.54, 1.807) is 0 Å². The van der Waals surface area contributed by atoms with Gasteiger partial charge in [-0.1, -0.05) is 13.0 Å². The summed E-state index contributed by atoms with van der Waals surface area (Å²) in [5.74, 6) is 1.17. The van der Waals surface area contributed by atoms with Crippen LogP contribution in [0.25, 0.3) is 0 Å². The number of pyridine rings is 1. The standard InChI is InChI=1S/C16H27N3/c1-5-15-7-6-13(4)19(15)16-11(2)8-14(10-18-16)9-12(3)17/h8,10,12-13,15H,5-7,9,17H2,1-4H3. The van der Waals surface area contributed by atoms with Crippen molar-refractivity contribution in [2.75, 3.05) is 4.90 Å². The second kappa shape index (κ2) is 5.91. The molecular formula is C16H27N3. The van der Waals surface area contributed by atoms with E-state index in [1.165, 1.54) is 36.2 Å². The van der Waals surface area contributed by atoms with Gasteiger partial charge in [0.1, 0.15) is 5.82 Å². The first-order valence-electron chi connectivity index (χ1n) is 7.52. The third-order valence-electron chi connectivity index (χ3n) is 4.17. The second-order valence-electron chi connectivity index (χ2n) is 6.06. The molecule has 1 fully saturated rings. The Hall–Kier alpha value is -1.09. The normalized spacial score (nSPS) is 24.8. The molecule has 3 atom stereocenters. The minimum Gasteiger partial charge on any atom is -0.351 e. The fourth-order valence-corrected chi connectivity index (χ4v) is 3.23. The van der Waals surface area contributed by atoms with Crippen molar-refractivity contribution in [2.24, 2.45) is 5.73 Å². The van der Waals surface area contributed by atoms with E-state index in [0.717, 1.165) is 6.42 Å². The number of hydrogen-bond acceptors (Lipinski definition) is 3. The van der Waals surface area contributed by atoms with Gasteiger partial charge in [-0.05, 0) is 57.6 Å². The molecule has 0 aromatic carbocycles. The van der Waals surface area contributed by atoms with Gasteiger partial charge in [0.25, 0.3) is 0 Å². The Bertz CT molecular complexity index is 428. The molecular weight excluding hydrogens is 234 g/mol. The maximum absolute atomic E-state index is 5.86. The molecule has 0 bridgehead atoms. The first-order valence-corrected chi connectivity index (χ1v) is 7.52. The van der Waals surface area contributed by atoms with E-state index in [2.05, 4.69) is 31.7 Å². The molecule has 106 valence electrons. The summed E-state index contributed by atoms with van der Waals surface area (Å²) in [7, 11) is 0. The molecule has 3 nitrogen and oxygen atoms in total. The van der Waals surface area contributed by atoms with Crippen LogP contribution in [0.15, 0.2) is 12.3 Å². The Labute approximate surface area is 117 Å². The average Bonchev–Trinajstić information content (AvgIpc) is 2.70. The van der Waals surface area contributed by atoms with E-state index in [0.29, 0.717) is 12.1 Å². The fourth-order valence-electron chi connectivity index (χ4n) is 3.23. The lowest BCUT2D eigenvalue weighted by atomic mass is 10.1. The molecule has 1 saturated heterocycles. The van der Waals surface area contributed by atoms with Gasteiger partial charge in [0.2, 0.25) is 0 Å². The lowest BCUT2D eigenvalue weighted by Crippen LogP contribution is -2.35. The van der Waals surface area contributed by atoms with Crippen LogP contribution >= 0.6 is 0 Å². The number of hydrogen-bond donors (Lipinski definition) is 1. The van der Waals surface area contributed by atoms with Crippen LogP contribution < -0.4 is 10.6 Å². The molecule has 0 radical (unpaired) electrons. The van der Waals surface area contributed by atoms with Gasteiger partial charge in [0.05, 0.1) is 0 Å². The molecule has 0 spiro atoms. The molecule has 1 aliphatic heterocycles. The molecule has 1 aromatic heterocycles. The van der Waals surface area contributed by atoms with Gasteiger partial charge in [-0.25, -0.2) is 4.98 Å². The average molecular weight is 261 g/mol. The van der Waals surface area contributed by atoms with Crippen molar-refractivity contribution in [2.45, 2.75) is 71.5 Å². The van der Waals surface area contributed by atoms with Gasteiger partial charge in [-0.2, -0.15) is 0 Å². The summed E-state index contributed by atoms with van der Waals surface area (Å²) in [6.07, 6.45) is 6.68. The number of nitrogens with zero attached hydrogens (tertiary/aromatic N) is 2. The zero-order valence-corrected chi connectivity index (χ0v) is 12.7. The van der Waals surface area contributed by atoms with Crippen LogP contribution in [0, 0.1) is 6.92 Å². The molecule has 3 unspecified atom stereocenters. The Morgan fingerprint density at radius 2 is 2.21 bits per heavy atom. The van der Waals surface area contributed by atoms with E-state index >= 15 is 0 Å². The van der Waals surface area contributed by atoms with Crippen molar-refractivity contribution in [3.8, 4) is 0 Å². The number of aryl methyl sites for hydroxylation is 1. The van der Waals surface area contributed by atoms with Crippen LogP contribution in [-0.2, 0) is 6.42 Å². The van der Waals surface area contributed by atoms with Gasteiger partial charge in [-0.3, -0.25) is 0 Å². The van der Waals surface area contributed by atoms with E-state index < -0.39 is 0 Å². The molecule has 2 N–H and O–H groups in total. The summed E-state index contributed by atoms with van der Waals surface area (Å²) in [4.78, 5) is 7.25. The van der Waals surface area contributed by atoms with Crippen molar-refractivity contribution in [1.82, 2.24) is 4.98 Å². The first-order chi connectivity index (χ1) is 9.02. The van der Waals surface area contributed by atoms with Gasteiger partial charge >= 0.3 is 0 Å².